The van der Waals surface area contributed by atoms with Gasteiger partial charge in [0.25, 0.3) is 17.9 Å². The van der Waals surface area contributed by atoms with Crippen molar-refractivity contribution in [1.29, 1.82) is 0 Å². The molecule has 42 heavy (non-hydrogen) atoms. The Balaban J connectivity index is 1.21. The summed E-state index contributed by atoms with van der Waals surface area (Å²) in [5.74, 6) is -3.03. The third kappa shape index (κ3) is 6.09. The van der Waals surface area contributed by atoms with Crippen LogP contribution < -0.4 is 19.8 Å². The molecule has 0 atom stereocenters. The minimum Gasteiger partial charge on any atom is -0.371 e. The molecule has 12 heteroatoms. The summed E-state index contributed by atoms with van der Waals surface area (Å²) in [5, 5.41) is 2.00. The molecule has 2 N–H and O–H groups in total. The van der Waals surface area contributed by atoms with Crippen LogP contribution >= 0.6 is 0 Å². The van der Waals surface area contributed by atoms with E-state index in [1.807, 2.05) is 11.0 Å². The fourth-order valence-electron chi connectivity index (χ4n) is 6.13. The molecule has 7 nitrogen and oxygen atoms in total. The van der Waals surface area contributed by atoms with E-state index < -0.39 is 27.3 Å². The zero-order chi connectivity index (χ0) is 29.7. The molecule has 0 unspecified atom stereocenters. The molecule has 2 aliphatic heterocycles. The Morgan fingerprint density at radius 3 is 2.14 bits per heavy atom. The lowest BCUT2D eigenvalue weighted by Gasteiger charge is -2.35. The van der Waals surface area contributed by atoms with Crippen molar-refractivity contribution >= 4 is 38.7 Å². The van der Waals surface area contributed by atoms with Crippen molar-refractivity contribution in [2.24, 2.45) is 5.41 Å². The molecule has 0 aromatic heterocycles. The topological polar surface area (TPSA) is 81.8 Å². The highest BCUT2D eigenvalue weighted by molar-refractivity contribution is 7.93. The standard InChI is InChI=1S/C30H34F4N4O3S/c31-27(32)20-16-24(17-20)42(40,41)36-22-4-5-25(26(19-22)38-12-8-29(6-7-29)9-13-38)28(39)35-21-2-1-3-23(18-21)37-14-10-30(33,34)11-15-37/h1-5,18-19,24,36H,6-17H2,(H,35,39). The van der Waals surface area contributed by atoms with E-state index in [0.717, 1.165) is 31.6 Å². The Kier molecular flexibility index (Phi) is 7.39. The van der Waals surface area contributed by atoms with Crippen LogP contribution in [-0.4, -0.2) is 51.7 Å². The second kappa shape index (κ2) is 10.8. The van der Waals surface area contributed by atoms with Crippen LogP contribution in [0.2, 0.25) is 0 Å². The number of nitrogens with zero attached hydrogens (tertiary/aromatic N) is 2. The highest BCUT2D eigenvalue weighted by Crippen LogP contribution is 2.54. The molecule has 2 aromatic rings. The maximum atomic E-state index is 13.6. The summed E-state index contributed by atoms with van der Waals surface area (Å²) >= 11 is 0. The summed E-state index contributed by atoms with van der Waals surface area (Å²) < 4.78 is 81.2. The molecule has 0 bridgehead atoms. The van der Waals surface area contributed by atoms with Crippen LogP contribution in [-0.2, 0) is 10.0 Å². The van der Waals surface area contributed by atoms with Crippen LogP contribution in [0.1, 0.15) is 61.7 Å². The van der Waals surface area contributed by atoms with Gasteiger partial charge in [0.2, 0.25) is 10.0 Å². The molecule has 2 aliphatic carbocycles. The minimum absolute atomic E-state index is 0.136. The van der Waals surface area contributed by atoms with E-state index in [-0.39, 0.29) is 55.9 Å². The lowest BCUT2D eigenvalue weighted by atomic mass is 9.93. The van der Waals surface area contributed by atoms with Crippen molar-refractivity contribution in [3.63, 3.8) is 0 Å². The van der Waals surface area contributed by atoms with Gasteiger partial charge in [-0.1, -0.05) is 6.07 Å². The normalized spacial score (nSPS) is 22.9. The van der Waals surface area contributed by atoms with Gasteiger partial charge in [0.05, 0.1) is 22.2 Å². The van der Waals surface area contributed by atoms with E-state index in [1.165, 1.54) is 18.9 Å². The third-order valence-corrected chi connectivity index (χ3v) is 11.0. The molecule has 226 valence electrons. The molecule has 1 amide bonds. The number of nitrogens with one attached hydrogen (secondary N) is 2. The van der Waals surface area contributed by atoms with Crippen molar-refractivity contribution in [3.8, 4) is 0 Å². The predicted molar refractivity (Wildman–Crippen MR) is 155 cm³/mol. The highest BCUT2D eigenvalue weighted by Gasteiger charge is 2.45. The smallest absolute Gasteiger partial charge is 0.269 e. The maximum absolute atomic E-state index is 13.6. The molecule has 4 aliphatic rings. The number of carbonyl (C=O) groups is 1. The number of carbonyl (C=O) groups excluding carboxylic acids is 1. The molecular weight excluding hydrogens is 572 g/mol. The zero-order valence-corrected chi connectivity index (χ0v) is 24.0. The molecule has 6 rings (SSSR count). The fourth-order valence-corrected chi connectivity index (χ4v) is 7.59. The number of allylic oxidation sites excluding steroid dienone is 1. The first-order valence-corrected chi connectivity index (χ1v) is 15.9. The van der Waals surface area contributed by atoms with Gasteiger partial charge in [0.1, 0.15) is 0 Å². The van der Waals surface area contributed by atoms with Crippen LogP contribution in [0.25, 0.3) is 0 Å². The van der Waals surface area contributed by atoms with Gasteiger partial charge < -0.3 is 15.1 Å². The lowest BCUT2D eigenvalue weighted by molar-refractivity contribution is -0.0220. The van der Waals surface area contributed by atoms with E-state index in [1.54, 1.807) is 30.3 Å². The summed E-state index contributed by atoms with van der Waals surface area (Å²) in [5.41, 5.74) is 2.77. The Morgan fingerprint density at radius 1 is 0.833 bits per heavy atom. The number of anilines is 4. The highest BCUT2D eigenvalue weighted by atomic mass is 32.2. The van der Waals surface area contributed by atoms with Crippen molar-refractivity contribution < 1.29 is 30.8 Å². The average molecular weight is 607 g/mol. The number of alkyl halides is 2. The van der Waals surface area contributed by atoms with Gasteiger partial charge in [-0.15, -0.1) is 0 Å². The van der Waals surface area contributed by atoms with Crippen molar-refractivity contribution in [3.05, 3.63) is 59.7 Å². The van der Waals surface area contributed by atoms with Crippen LogP contribution in [0.4, 0.5) is 40.3 Å². The van der Waals surface area contributed by atoms with Gasteiger partial charge >= 0.3 is 0 Å². The second-order valence-corrected chi connectivity index (χ2v) is 14.1. The van der Waals surface area contributed by atoms with Gasteiger partial charge in [-0.25, -0.2) is 17.2 Å². The average Bonchev–Trinajstić information content (AvgIpc) is 3.66. The number of piperidine rings is 2. The second-order valence-electron chi connectivity index (χ2n) is 12.1. The lowest BCUT2D eigenvalue weighted by Crippen LogP contribution is -2.39. The first-order chi connectivity index (χ1) is 19.9. The number of hydrogen-bond acceptors (Lipinski definition) is 5. The monoisotopic (exact) mass is 606 g/mol. The van der Waals surface area contributed by atoms with E-state index >= 15 is 0 Å². The molecule has 1 spiro atoms. The Labute approximate surface area is 243 Å². The summed E-state index contributed by atoms with van der Waals surface area (Å²) in [6, 6.07) is 11.8. The van der Waals surface area contributed by atoms with Crippen LogP contribution in [0, 0.1) is 5.41 Å². The number of hydrogen-bond donors (Lipinski definition) is 2. The van der Waals surface area contributed by atoms with Gasteiger partial charge in [-0.3, -0.25) is 9.52 Å². The minimum atomic E-state index is -3.89. The van der Waals surface area contributed by atoms with E-state index in [2.05, 4.69) is 14.9 Å². The van der Waals surface area contributed by atoms with Crippen molar-refractivity contribution in [2.45, 2.75) is 62.5 Å². The van der Waals surface area contributed by atoms with E-state index in [0.29, 0.717) is 22.4 Å². The Morgan fingerprint density at radius 2 is 1.50 bits per heavy atom. The number of amides is 1. The molecular formula is C30H34F4N4O3S. The molecule has 0 radical (unpaired) electrons. The van der Waals surface area contributed by atoms with Gasteiger partial charge in [-0.2, -0.15) is 8.78 Å². The van der Waals surface area contributed by atoms with Crippen LogP contribution in [0.3, 0.4) is 0 Å². The number of sulfonamides is 1. The third-order valence-electron chi connectivity index (χ3n) is 9.24. The fraction of sp³-hybridized carbons (Fsp3) is 0.500. The van der Waals surface area contributed by atoms with Gasteiger partial charge in [-0.05, 0) is 85.9 Å². The number of benzene rings is 2. The number of halogens is 4. The SMILES string of the molecule is O=C(Nc1cccc(N2CCC(F)(F)CC2)c1)c1ccc(NS(=O)(=O)C2CC(=C(F)F)C2)cc1N1CCC2(CC1)CC2. The molecule has 4 fully saturated rings. The first-order valence-electron chi connectivity index (χ1n) is 14.4. The molecule has 2 saturated carbocycles. The van der Waals surface area contributed by atoms with E-state index in [4.69, 9.17) is 0 Å². The summed E-state index contributed by atoms with van der Waals surface area (Å²) in [4.78, 5) is 17.6. The van der Waals surface area contributed by atoms with E-state index in [9.17, 15) is 30.8 Å². The Hall–Kier alpha value is -3.28. The quantitative estimate of drug-likeness (QED) is 0.347. The maximum Gasteiger partial charge on any atom is 0.269 e. The van der Waals surface area contributed by atoms with Crippen molar-refractivity contribution in [1.82, 2.24) is 0 Å². The predicted octanol–water partition coefficient (Wildman–Crippen LogP) is 6.61. The van der Waals surface area contributed by atoms with Gasteiger partial charge in [0, 0.05) is 50.4 Å². The van der Waals surface area contributed by atoms with Crippen molar-refractivity contribution in [2.75, 3.05) is 46.0 Å². The summed E-state index contributed by atoms with van der Waals surface area (Å²) in [6.45, 7) is 1.92. The van der Waals surface area contributed by atoms with Crippen LogP contribution in [0.5, 0.6) is 0 Å². The Bertz CT molecular complexity index is 1490. The molecule has 2 aromatic carbocycles. The zero-order valence-electron chi connectivity index (χ0n) is 23.1. The molecule has 2 saturated heterocycles. The van der Waals surface area contributed by atoms with Crippen LogP contribution in [0.15, 0.2) is 54.1 Å². The molecule has 2 heterocycles. The summed E-state index contributed by atoms with van der Waals surface area (Å²) in [7, 11) is -3.89. The first kappa shape index (κ1) is 28.8. The number of rotatable bonds is 7. The largest absolute Gasteiger partial charge is 0.371 e. The van der Waals surface area contributed by atoms with Gasteiger partial charge in [0.15, 0.2) is 0 Å². The summed E-state index contributed by atoms with van der Waals surface area (Å²) in [6.07, 6.45) is 1.75.